The third kappa shape index (κ3) is 4.51. The summed E-state index contributed by atoms with van der Waals surface area (Å²) in [7, 11) is 3.56. The molecule has 2 aromatic carbocycles. The molecule has 0 fully saturated rings. The Kier molecular flexibility index (Phi) is 8.22. The lowest BCUT2D eigenvalue weighted by molar-refractivity contribution is 0.405. The summed E-state index contributed by atoms with van der Waals surface area (Å²) < 4.78 is 11.4. The van der Waals surface area contributed by atoms with E-state index in [2.05, 4.69) is 67.9 Å². The van der Waals surface area contributed by atoms with Crippen molar-refractivity contribution in [2.45, 2.75) is 59.3 Å². The molecule has 0 saturated heterocycles. The van der Waals surface area contributed by atoms with E-state index in [1.807, 2.05) is 0 Å². The smallest absolute Gasteiger partial charge is 0.125 e. The molecule has 2 aromatic rings. The molecule has 0 atom stereocenters. The van der Waals surface area contributed by atoms with Crippen molar-refractivity contribution in [1.82, 2.24) is 0 Å². The summed E-state index contributed by atoms with van der Waals surface area (Å²) in [6.07, 6.45) is 3.90. The SMILES string of the molecule is CCc1cc(C(CBr)c2cc(CC)c(OC)c(CC)c2)cc(CC)c1OC. The van der Waals surface area contributed by atoms with Gasteiger partial charge >= 0.3 is 0 Å². The maximum absolute atomic E-state index is 5.71. The first-order valence-electron chi connectivity index (χ1n) is 10.0. The van der Waals surface area contributed by atoms with E-state index in [1.165, 1.54) is 33.4 Å². The molecular formula is C24H33BrO2. The minimum absolute atomic E-state index is 0.313. The Labute approximate surface area is 173 Å². The highest BCUT2D eigenvalue weighted by Crippen LogP contribution is 2.37. The van der Waals surface area contributed by atoms with Crippen LogP contribution < -0.4 is 9.47 Å². The van der Waals surface area contributed by atoms with Gasteiger partial charge in [-0.25, -0.2) is 0 Å². The Bertz CT molecular complexity index is 653. The zero-order chi connectivity index (χ0) is 20.0. The molecule has 0 unspecified atom stereocenters. The lowest BCUT2D eigenvalue weighted by Gasteiger charge is -2.22. The van der Waals surface area contributed by atoms with Gasteiger partial charge in [0, 0.05) is 11.2 Å². The van der Waals surface area contributed by atoms with E-state index in [0.717, 1.165) is 42.5 Å². The molecule has 0 bridgehead atoms. The van der Waals surface area contributed by atoms with Gasteiger partial charge < -0.3 is 9.47 Å². The first-order chi connectivity index (χ1) is 13.1. The fourth-order valence-electron chi connectivity index (χ4n) is 3.91. The molecule has 0 saturated carbocycles. The Hall–Kier alpha value is -1.48. The highest BCUT2D eigenvalue weighted by atomic mass is 79.9. The summed E-state index contributed by atoms with van der Waals surface area (Å²) in [5, 5.41) is 0.893. The molecule has 0 N–H and O–H groups in total. The normalized spacial score (nSPS) is 11.1. The van der Waals surface area contributed by atoms with Crippen molar-refractivity contribution in [3.8, 4) is 11.5 Å². The molecule has 3 heteroatoms. The average molecular weight is 433 g/mol. The zero-order valence-electron chi connectivity index (χ0n) is 17.6. The predicted octanol–water partition coefficient (Wildman–Crippen LogP) is 6.48. The first-order valence-corrected chi connectivity index (χ1v) is 11.2. The van der Waals surface area contributed by atoms with Gasteiger partial charge in [-0.1, -0.05) is 67.9 Å². The Balaban J connectivity index is 2.63. The van der Waals surface area contributed by atoms with Gasteiger partial charge in [0.1, 0.15) is 11.5 Å². The summed E-state index contributed by atoms with van der Waals surface area (Å²) in [5.74, 6) is 2.42. The summed E-state index contributed by atoms with van der Waals surface area (Å²) in [5.41, 5.74) is 7.87. The first kappa shape index (κ1) is 21.8. The molecule has 0 aliphatic carbocycles. The average Bonchev–Trinajstić information content (AvgIpc) is 2.72. The maximum Gasteiger partial charge on any atom is 0.125 e. The number of aryl methyl sites for hydroxylation is 4. The molecule has 148 valence electrons. The fraction of sp³-hybridized carbons (Fsp3) is 0.500. The van der Waals surface area contributed by atoms with E-state index in [4.69, 9.17) is 9.47 Å². The highest BCUT2D eigenvalue weighted by Gasteiger charge is 2.20. The molecule has 2 nitrogen and oxygen atoms in total. The summed E-state index contributed by atoms with van der Waals surface area (Å²) in [6.45, 7) is 8.79. The molecule has 0 radical (unpaired) electrons. The van der Waals surface area contributed by atoms with Crippen LogP contribution in [-0.4, -0.2) is 19.5 Å². The number of rotatable bonds is 9. The van der Waals surface area contributed by atoms with Gasteiger partial charge in [-0.2, -0.15) is 0 Å². The van der Waals surface area contributed by atoms with E-state index in [1.54, 1.807) is 14.2 Å². The topological polar surface area (TPSA) is 18.5 Å². The molecule has 27 heavy (non-hydrogen) atoms. The maximum atomic E-state index is 5.71. The van der Waals surface area contributed by atoms with Crippen LogP contribution >= 0.6 is 15.9 Å². The molecule has 0 amide bonds. The minimum atomic E-state index is 0.313. The number of halogens is 1. The lowest BCUT2D eigenvalue weighted by atomic mass is 9.86. The third-order valence-corrected chi connectivity index (χ3v) is 6.07. The van der Waals surface area contributed by atoms with Crippen molar-refractivity contribution in [3.05, 3.63) is 57.6 Å². The Morgan fingerprint density at radius 2 is 0.963 bits per heavy atom. The Morgan fingerprint density at radius 1 is 0.667 bits per heavy atom. The zero-order valence-corrected chi connectivity index (χ0v) is 19.2. The number of hydrogen-bond acceptors (Lipinski definition) is 2. The van der Waals surface area contributed by atoms with Crippen LogP contribution in [0.4, 0.5) is 0 Å². The van der Waals surface area contributed by atoms with Crippen molar-refractivity contribution in [1.29, 1.82) is 0 Å². The van der Waals surface area contributed by atoms with Crippen LogP contribution in [0.1, 0.15) is 67.0 Å². The predicted molar refractivity (Wildman–Crippen MR) is 119 cm³/mol. The largest absolute Gasteiger partial charge is 0.496 e. The van der Waals surface area contributed by atoms with E-state index >= 15 is 0 Å². The molecule has 0 heterocycles. The molecule has 0 aliphatic rings. The van der Waals surface area contributed by atoms with Gasteiger partial charge in [-0.05, 0) is 59.1 Å². The van der Waals surface area contributed by atoms with Gasteiger partial charge in [-0.3, -0.25) is 0 Å². The summed E-state index contributed by atoms with van der Waals surface area (Å²) >= 11 is 3.78. The van der Waals surface area contributed by atoms with Crippen LogP contribution in [-0.2, 0) is 25.7 Å². The number of benzene rings is 2. The number of hydrogen-bond donors (Lipinski definition) is 0. The standard InChI is InChI=1S/C24H33BrO2/c1-7-16-11-20(12-17(8-2)23(16)26-5)22(15-25)21-13-18(9-3)24(27-6)19(10-4)14-21/h11-14,22H,7-10,15H2,1-6H3. The Morgan fingerprint density at radius 3 is 1.15 bits per heavy atom. The third-order valence-electron chi connectivity index (χ3n) is 5.42. The molecule has 0 aliphatic heterocycles. The quantitative estimate of drug-likeness (QED) is 0.422. The van der Waals surface area contributed by atoms with E-state index in [9.17, 15) is 0 Å². The minimum Gasteiger partial charge on any atom is -0.496 e. The van der Waals surface area contributed by atoms with Crippen molar-refractivity contribution in [2.75, 3.05) is 19.5 Å². The van der Waals surface area contributed by atoms with Crippen molar-refractivity contribution in [2.24, 2.45) is 0 Å². The number of ether oxygens (including phenoxy) is 2. The highest BCUT2D eigenvalue weighted by molar-refractivity contribution is 9.09. The van der Waals surface area contributed by atoms with E-state index in [-0.39, 0.29) is 0 Å². The number of alkyl halides is 1. The van der Waals surface area contributed by atoms with Crippen LogP contribution in [0.15, 0.2) is 24.3 Å². The van der Waals surface area contributed by atoms with E-state index < -0.39 is 0 Å². The molecule has 0 spiro atoms. The second-order valence-corrected chi connectivity index (χ2v) is 7.51. The van der Waals surface area contributed by atoms with Crippen LogP contribution in [0.5, 0.6) is 11.5 Å². The summed E-state index contributed by atoms with van der Waals surface area (Å²) in [4.78, 5) is 0. The van der Waals surface area contributed by atoms with Crippen molar-refractivity contribution in [3.63, 3.8) is 0 Å². The van der Waals surface area contributed by atoms with Crippen molar-refractivity contribution < 1.29 is 9.47 Å². The molecular weight excluding hydrogens is 400 g/mol. The molecule has 0 aromatic heterocycles. The second kappa shape index (κ2) is 10.2. The van der Waals surface area contributed by atoms with Gasteiger partial charge in [0.15, 0.2) is 0 Å². The second-order valence-electron chi connectivity index (χ2n) is 6.87. The van der Waals surface area contributed by atoms with Crippen LogP contribution in [0.25, 0.3) is 0 Å². The molecule has 2 rings (SSSR count). The van der Waals surface area contributed by atoms with Crippen LogP contribution in [0, 0.1) is 0 Å². The fourth-order valence-corrected chi connectivity index (χ4v) is 4.66. The van der Waals surface area contributed by atoms with Gasteiger partial charge in [0.25, 0.3) is 0 Å². The van der Waals surface area contributed by atoms with E-state index in [0.29, 0.717) is 5.92 Å². The van der Waals surface area contributed by atoms with Crippen LogP contribution in [0.2, 0.25) is 0 Å². The van der Waals surface area contributed by atoms with Crippen molar-refractivity contribution >= 4 is 15.9 Å². The van der Waals surface area contributed by atoms with Crippen LogP contribution in [0.3, 0.4) is 0 Å². The monoisotopic (exact) mass is 432 g/mol. The lowest BCUT2D eigenvalue weighted by Crippen LogP contribution is -2.08. The van der Waals surface area contributed by atoms with Gasteiger partial charge in [0.05, 0.1) is 14.2 Å². The van der Waals surface area contributed by atoms with Gasteiger partial charge in [0.2, 0.25) is 0 Å². The summed E-state index contributed by atoms with van der Waals surface area (Å²) in [6, 6.07) is 9.30. The number of methoxy groups -OCH3 is 2. The van der Waals surface area contributed by atoms with Gasteiger partial charge in [-0.15, -0.1) is 0 Å².